The van der Waals surface area contributed by atoms with Crippen molar-refractivity contribution in [1.29, 1.82) is 0 Å². The fourth-order valence-electron chi connectivity index (χ4n) is 1.73. The van der Waals surface area contributed by atoms with Gasteiger partial charge in [-0.2, -0.15) is 0 Å². The van der Waals surface area contributed by atoms with Crippen LogP contribution < -0.4 is 0 Å². The lowest BCUT2D eigenvalue weighted by molar-refractivity contribution is -0.119. The monoisotopic (exact) mass is 199 g/mol. The molecule has 0 atom stereocenters. The van der Waals surface area contributed by atoms with Gasteiger partial charge >= 0.3 is 0 Å². The summed E-state index contributed by atoms with van der Waals surface area (Å²) in [4.78, 5) is 13.5. The van der Waals surface area contributed by atoms with Crippen LogP contribution in [0.25, 0.3) is 0 Å². The summed E-state index contributed by atoms with van der Waals surface area (Å²) in [5, 5.41) is 0. The lowest BCUT2D eigenvalue weighted by atomic mass is 9.91. The highest BCUT2D eigenvalue weighted by atomic mass is 16.1. The first-order valence-electron chi connectivity index (χ1n) is 5.92. The number of carbonyl (C=O) groups is 1. The highest BCUT2D eigenvalue weighted by Gasteiger charge is 2.18. The van der Waals surface area contributed by atoms with Gasteiger partial charge in [-0.3, -0.25) is 4.79 Å². The molecule has 0 aromatic rings. The van der Waals surface area contributed by atoms with Crippen LogP contribution in [0.4, 0.5) is 0 Å². The number of piperidine rings is 1. The predicted octanol–water partition coefficient (Wildman–Crippen LogP) is 2.72. The van der Waals surface area contributed by atoms with Gasteiger partial charge < -0.3 is 4.90 Å². The first kappa shape index (κ1) is 13.6. The molecule has 0 spiro atoms. The van der Waals surface area contributed by atoms with E-state index in [0.29, 0.717) is 18.1 Å². The van der Waals surface area contributed by atoms with Crippen LogP contribution >= 0.6 is 0 Å². The number of hydrogen-bond donors (Lipinski definition) is 0. The lowest BCUT2D eigenvalue weighted by Crippen LogP contribution is -2.30. The second kappa shape index (κ2) is 7.98. The van der Waals surface area contributed by atoms with Crippen LogP contribution in [-0.4, -0.2) is 30.8 Å². The van der Waals surface area contributed by atoms with Gasteiger partial charge in [-0.25, -0.2) is 0 Å². The highest BCUT2D eigenvalue weighted by Crippen LogP contribution is 2.19. The first-order chi connectivity index (χ1) is 6.72. The molecule has 0 amide bonds. The molecular formula is C12H25NO. The van der Waals surface area contributed by atoms with Crippen molar-refractivity contribution in [2.45, 2.75) is 46.5 Å². The van der Waals surface area contributed by atoms with Crippen molar-refractivity contribution in [3.8, 4) is 0 Å². The second-order valence-electron chi connectivity index (χ2n) is 3.84. The zero-order chi connectivity index (χ0) is 11.0. The molecule has 2 heteroatoms. The van der Waals surface area contributed by atoms with Crippen LogP contribution in [0.15, 0.2) is 0 Å². The molecule has 1 rings (SSSR count). The van der Waals surface area contributed by atoms with Gasteiger partial charge in [0.25, 0.3) is 0 Å². The van der Waals surface area contributed by atoms with Crippen LogP contribution in [0.5, 0.6) is 0 Å². The van der Waals surface area contributed by atoms with Crippen LogP contribution in [0, 0.1) is 5.92 Å². The maximum Gasteiger partial charge on any atom is 0.132 e. The maximum atomic E-state index is 11.1. The average molecular weight is 199 g/mol. The quantitative estimate of drug-likeness (QED) is 0.696. The van der Waals surface area contributed by atoms with Crippen molar-refractivity contribution in [2.75, 3.05) is 20.1 Å². The Kier molecular flexibility index (Phi) is 7.77. The molecule has 1 aliphatic rings. The molecule has 2 nitrogen and oxygen atoms in total. The fourth-order valence-corrected chi connectivity index (χ4v) is 1.73. The molecule has 0 unspecified atom stereocenters. The molecule has 1 saturated heterocycles. The van der Waals surface area contributed by atoms with E-state index in [1.807, 2.05) is 20.8 Å². The number of nitrogens with zero attached hydrogens (tertiary/aromatic N) is 1. The Bertz CT molecular complexity index is 148. The van der Waals surface area contributed by atoms with E-state index < -0.39 is 0 Å². The molecule has 0 saturated carbocycles. The molecule has 0 aromatic heterocycles. The van der Waals surface area contributed by atoms with Gasteiger partial charge in [0.1, 0.15) is 5.78 Å². The van der Waals surface area contributed by atoms with Crippen LogP contribution in [0.1, 0.15) is 46.5 Å². The zero-order valence-corrected chi connectivity index (χ0v) is 10.2. The molecular weight excluding hydrogens is 174 g/mol. The van der Waals surface area contributed by atoms with Gasteiger partial charge in [-0.1, -0.05) is 20.8 Å². The number of ketones is 1. The van der Waals surface area contributed by atoms with Crippen molar-refractivity contribution in [2.24, 2.45) is 5.92 Å². The molecule has 14 heavy (non-hydrogen) atoms. The normalized spacial score (nSPS) is 18.6. The van der Waals surface area contributed by atoms with E-state index in [2.05, 4.69) is 11.9 Å². The van der Waals surface area contributed by atoms with Gasteiger partial charge in [0.15, 0.2) is 0 Å². The Hall–Kier alpha value is -0.370. The molecule has 1 heterocycles. The van der Waals surface area contributed by atoms with E-state index in [0.717, 1.165) is 6.42 Å². The third-order valence-corrected chi connectivity index (χ3v) is 2.75. The summed E-state index contributed by atoms with van der Waals surface area (Å²) in [5.41, 5.74) is 0. The van der Waals surface area contributed by atoms with E-state index in [1.54, 1.807) is 0 Å². The Morgan fingerprint density at radius 1 is 1.29 bits per heavy atom. The predicted molar refractivity (Wildman–Crippen MR) is 61.5 cm³/mol. The average Bonchev–Trinajstić information content (AvgIpc) is 2.24. The van der Waals surface area contributed by atoms with E-state index in [1.165, 1.54) is 25.9 Å². The van der Waals surface area contributed by atoms with Gasteiger partial charge in [0.2, 0.25) is 0 Å². The van der Waals surface area contributed by atoms with E-state index in [-0.39, 0.29) is 0 Å². The molecule has 0 bridgehead atoms. The zero-order valence-electron chi connectivity index (χ0n) is 10.2. The minimum atomic E-state index is 0.435. The number of likely N-dealkylation sites (tertiary alicyclic amines) is 1. The Morgan fingerprint density at radius 2 is 1.79 bits per heavy atom. The van der Waals surface area contributed by atoms with Gasteiger partial charge in [0, 0.05) is 12.8 Å². The number of Topliss-reactive ketones (excluding diaryl/α,β-unsaturated/α-hetero) is 1. The van der Waals surface area contributed by atoms with Crippen molar-refractivity contribution >= 4 is 5.78 Å². The summed E-state index contributed by atoms with van der Waals surface area (Å²) in [7, 11) is 2.15. The fraction of sp³-hybridized carbons (Fsp3) is 0.917. The Labute approximate surface area is 88.7 Å². The van der Waals surface area contributed by atoms with Gasteiger partial charge in [-0.15, -0.1) is 0 Å². The van der Waals surface area contributed by atoms with Crippen LogP contribution in [0.2, 0.25) is 0 Å². The third kappa shape index (κ3) is 5.38. The second-order valence-corrected chi connectivity index (χ2v) is 3.84. The minimum Gasteiger partial charge on any atom is -0.306 e. The molecule has 84 valence electrons. The van der Waals surface area contributed by atoms with Gasteiger partial charge in [0.05, 0.1) is 0 Å². The molecule has 1 aliphatic heterocycles. The minimum absolute atomic E-state index is 0.435. The number of carbonyl (C=O) groups excluding carboxylic acids is 1. The number of rotatable bonds is 3. The summed E-state index contributed by atoms with van der Waals surface area (Å²) in [6, 6.07) is 0. The summed E-state index contributed by atoms with van der Waals surface area (Å²) >= 11 is 0. The third-order valence-electron chi connectivity index (χ3n) is 2.75. The van der Waals surface area contributed by atoms with E-state index in [9.17, 15) is 4.79 Å². The Balaban J connectivity index is 0.000000791. The van der Waals surface area contributed by atoms with E-state index >= 15 is 0 Å². The molecule has 0 N–H and O–H groups in total. The van der Waals surface area contributed by atoms with Crippen molar-refractivity contribution in [3.63, 3.8) is 0 Å². The number of hydrogen-bond acceptors (Lipinski definition) is 2. The van der Waals surface area contributed by atoms with Crippen molar-refractivity contribution < 1.29 is 4.79 Å². The topological polar surface area (TPSA) is 20.3 Å². The molecule has 1 fully saturated rings. The molecule has 0 aliphatic carbocycles. The van der Waals surface area contributed by atoms with Crippen LogP contribution in [0.3, 0.4) is 0 Å². The Morgan fingerprint density at radius 3 is 2.21 bits per heavy atom. The molecule has 0 radical (unpaired) electrons. The van der Waals surface area contributed by atoms with E-state index in [4.69, 9.17) is 0 Å². The maximum absolute atomic E-state index is 11.1. The summed E-state index contributed by atoms with van der Waals surface area (Å²) in [5.74, 6) is 1.11. The van der Waals surface area contributed by atoms with Crippen LogP contribution in [-0.2, 0) is 4.79 Å². The SMILES string of the molecule is CC.CCC(=O)CC1CCN(C)CC1. The summed E-state index contributed by atoms with van der Waals surface area (Å²) in [6.07, 6.45) is 3.96. The smallest absolute Gasteiger partial charge is 0.132 e. The summed E-state index contributed by atoms with van der Waals surface area (Å²) < 4.78 is 0. The standard InChI is InChI=1S/C10H19NO.C2H6/c1-3-10(12)8-9-4-6-11(2)7-5-9;1-2/h9H,3-8H2,1-2H3;1-2H3. The largest absolute Gasteiger partial charge is 0.306 e. The van der Waals surface area contributed by atoms with Crippen molar-refractivity contribution in [3.05, 3.63) is 0 Å². The summed E-state index contributed by atoms with van der Waals surface area (Å²) in [6.45, 7) is 8.29. The highest BCUT2D eigenvalue weighted by molar-refractivity contribution is 5.78. The van der Waals surface area contributed by atoms with Crippen molar-refractivity contribution in [1.82, 2.24) is 4.90 Å². The van der Waals surface area contributed by atoms with Gasteiger partial charge in [-0.05, 0) is 38.9 Å². The lowest BCUT2D eigenvalue weighted by Gasteiger charge is -2.28. The first-order valence-corrected chi connectivity index (χ1v) is 5.92. The molecule has 0 aromatic carbocycles.